The van der Waals surface area contributed by atoms with Crippen molar-refractivity contribution in [2.45, 2.75) is 38.8 Å². The largest absolute Gasteiger partial charge is 0.458 e. The molecule has 3 saturated heterocycles. The number of carbonyl (C=O) groups excluding carboxylic acids is 1. The number of hydrogen-bond donors (Lipinski definition) is 1. The number of benzene rings is 1. The summed E-state index contributed by atoms with van der Waals surface area (Å²) in [5.74, 6) is 0.532. The van der Waals surface area contributed by atoms with E-state index in [0.717, 1.165) is 16.8 Å². The summed E-state index contributed by atoms with van der Waals surface area (Å²) in [7, 11) is 0. The van der Waals surface area contributed by atoms with Crippen LogP contribution in [-0.2, 0) is 4.79 Å². The lowest BCUT2D eigenvalue weighted by molar-refractivity contribution is -0.114. The molecule has 2 atom stereocenters. The van der Waals surface area contributed by atoms with Gasteiger partial charge in [0.1, 0.15) is 6.10 Å². The quantitative estimate of drug-likeness (QED) is 0.916. The second-order valence-electron chi connectivity index (χ2n) is 7.21. The molecule has 1 aromatic carbocycles. The molecule has 136 valence electrons. The fourth-order valence-corrected chi connectivity index (χ4v) is 4.05. The summed E-state index contributed by atoms with van der Waals surface area (Å²) in [5.41, 5.74) is 2.70. The number of fused-ring (bicyclic) bond motifs is 3. The highest BCUT2D eigenvalue weighted by molar-refractivity contribution is 5.88. The van der Waals surface area contributed by atoms with Crippen molar-refractivity contribution >= 4 is 11.6 Å². The number of ether oxygens (including phenoxy) is 1. The Morgan fingerprint density at radius 3 is 2.35 bits per heavy atom. The summed E-state index contributed by atoms with van der Waals surface area (Å²) in [6.07, 6.45) is 6.17. The van der Waals surface area contributed by atoms with Crippen LogP contribution in [0.4, 0.5) is 5.69 Å². The maximum atomic E-state index is 11.1. The number of aromatic nitrogens is 2. The van der Waals surface area contributed by atoms with E-state index in [1.807, 2.05) is 24.3 Å². The summed E-state index contributed by atoms with van der Waals surface area (Å²) in [6, 6.07) is 8.51. The third-order valence-corrected chi connectivity index (χ3v) is 5.50. The van der Waals surface area contributed by atoms with E-state index in [9.17, 15) is 4.79 Å². The Balaban J connectivity index is 1.44. The van der Waals surface area contributed by atoms with E-state index in [1.165, 1.54) is 32.9 Å². The van der Waals surface area contributed by atoms with Crippen LogP contribution < -0.4 is 10.1 Å². The molecule has 1 amide bonds. The van der Waals surface area contributed by atoms with Crippen molar-refractivity contribution in [3.8, 4) is 17.1 Å². The van der Waals surface area contributed by atoms with Gasteiger partial charge in [0.15, 0.2) is 0 Å². The van der Waals surface area contributed by atoms with E-state index >= 15 is 0 Å². The van der Waals surface area contributed by atoms with Gasteiger partial charge in [-0.2, -0.15) is 0 Å². The molecule has 26 heavy (non-hydrogen) atoms. The molecule has 4 heterocycles. The second kappa shape index (κ2) is 7.03. The van der Waals surface area contributed by atoms with E-state index in [1.54, 1.807) is 12.4 Å². The van der Waals surface area contributed by atoms with Gasteiger partial charge in [-0.05, 0) is 56.5 Å². The number of anilines is 1. The Kier molecular flexibility index (Phi) is 4.59. The van der Waals surface area contributed by atoms with E-state index < -0.39 is 0 Å². The van der Waals surface area contributed by atoms with Gasteiger partial charge in [0.05, 0.1) is 0 Å². The molecule has 0 unspecified atom stereocenters. The van der Waals surface area contributed by atoms with Gasteiger partial charge in [-0.3, -0.25) is 9.69 Å². The first-order valence-corrected chi connectivity index (χ1v) is 9.21. The summed E-state index contributed by atoms with van der Waals surface area (Å²) in [4.78, 5) is 22.4. The second-order valence-corrected chi connectivity index (χ2v) is 7.21. The Morgan fingerprint density at radius 2 is 1.77 bits per heavy atom. The average Bonchev–Trinajstić information content (AvgIpc) is 2.66. The zero-order valence-electron chi connectivity index (χ0n) is 15.2. The van der Waals surface area contributed by atoms with Crippen LogP contribution >= 0.6 is 0 Å². The van der Waals surface area contributed by atoms with Crippen molar-refractivity contribution in [3.05, 3.63) is 36.7 Å². The fourth-order valence-electron chi connectivity index (χ4n) is 4.05. The highest BCUT2D eigenvalue weighted by Gasteiger charge is 2.41. The van der Waals surface area contributed by atoms with Gasteiger partial charge in [-0.15, -0.1) is 0 Å². The highest BCUT2D eigenvalue weighted by atomic mass is 16.5. The van der Waals surface area contributed by atoms with Gasteiger partial charge in [0.25, 0.3) is 0 Å². The summed E-state index contributed by atoms with van der Waals surface area (Å²) in [6.45, 7) is 6.09. The molecule has 3 aliphatic rings. The van der Waals surface area contributed by atoms with Gasteiger partial charge in [-0.1, -0.05) is 12.1 Å². The number of hydrogen-bond acceptors (Lipinski definition) is 5. The molecule has 0 saturated carbocycles. The van der Waals surface area contributed by atoms with Crippen LogP contribution in [0.25, 0.3) is 11.1 Å². The number of carbonyl (C=O) groups is 1. The van der Waals surface area contributed by atoms with Crippen LogP contribution in [0.5, 0.6) is 6.01 Å². The van der Waals surface area contributed by atoms with Gasteiger partial charge < -0.3 is 10.1 Å². The minimum Gasteiger partial charge on any atom is -0.458 e. The minimum atomic E-state index is -0.0791. The monoisotopic (exact) mass is 352 g/mol. The van der Waals surface area contributed by atoms with Crippen molar-refractivity contribution < 1.29 is 9.53 Å². The first kappa shape index (κ1) is 17.0. The van der Waals surface area contributed by atoms with E-state index in [2.05, 4.69) is 27.1 Å². The summed E-state index contributed by atoms with van der Waals surface area (Å²) >= 11 is 0. The normalized spacial score (nSPS) is 27.2. The first-order chi connectivity index (χ1) is 12.6. The predicted octanol–water partition coefficient (Wildman–Crippen LogP) is 2.96. The lowest BCUT2D eigenvalue weighted by Crippen LogP contribution is -2.58. The molecular weight excluding hydrogens is 328 g/mol. The number of nitrogens with zero attached hydrogens (tertiary/aromatic N) is 3. The van der Waals surface area contributed by atoms with E-state index in [0.29, 0.717) is 18.0 Å². The van der Waals surface area contributed by atoms with Gasteiger partial charge in [0.2, 0.25) is 5.91 Å². The number of piperidine rings is 3. The molecule has 5 rings (SSSR count). The molecule has 2 aromatic rings. The minimum absolute atomic E-state index is 0.0791. The molecule has 2 bridgehead atoms. The van der Waals surface area contributed by atoms with Crippen LogP contribution in [-0.4, -0.2) is 46.0 Å². The molecule has 3 fully saturated rings. The van der Waals surface area contributed by atoms with Crippen molar-refractivity contribution in [1.82, 2.24) is 14.9 Å². The highest BCUT2D eigenvalue weighted by Crippen LogP contribution is 2.34. The van der Waals surface area contributed by atoms with Crippen molar-refractivity contribution in [2.75, 3.05) is 18.4 Å². The molecule has 6 heteroatoms. The van der Waals surface area contributed by atoms with Gasteiger partial charge in [0, 0.05) is 36.6 Å². The fraction of sp³-hybridized carbons (Fsp3) is 0.450. The number of rotatable bonds is 4. The van der Waals surface area contributed by atoms with Crippen molar-refractivity contribution in [3.63, 3.8) is 0 Å². The standard InChI is InChI=1S/C20H24N4O2/c1-13-19(16-7-9-24(13)10-8-16)26-20-21-11-17(12-22-20)15-3-5-18(6-4-15)23-14(2)25/h3-6,11-13,16,19H,7-10H2,1-2H3,(H,23,25)/t13-,19+/m1/s1. The topological polar surface area (TPSA) is 67.3 Å². The zero-order valence-corrected chi connectivity index (χ0v) is 15.2. The van der Waals surface area contributed by atoms with E-state index in [4.69, 9.17) is 4.74 Å². The first-order valence-electron chi connectivity index (χ1n) is 9.21. The smallest absolute Gasteiger partial charge is 0.316 e. The number of nitrogens with one attached hydrogen (secondary N) is 1. The SMILES string of the molecule is CC(=O)Nc1ccc(-c2cnc(O[C@@H]3C4CCN(CC4)[C@@H]3C)nc2)cc1. The van der Waals surface area contributed by atoms with Gasteiger partial charge >= 0.3 is 6.01 Å². The molecule has 0 spiro atoms. The Labute approximate surface area is 153 Å². The van der Waals surface area contributed by atoms with Crippen molar-refractivity contribution in [2.24, 2.45) is 5.92 Å². The molecule has 6 nitrogen and oxygen atoms in total. The molecule has 3 aliphatic heterocycles. The van der Waals surface area contributed by atoms with Crippen LogP contribution in [0.1, 0.15) is 26.7 Å². The van der Waals surface area contributed by atoms with E-state index in [-0.39, 0.29) is 12.0 Å². The van der Waals surface area contributed by atoms with Crippen LogP contribution in [0.3, 0.4) is 0 Å². The van der Waals surface area contributed by atoms with Gasteiger partial charge in [-0.25, -0.2) is 9.97 Å². The maximum absolute atomic E-state index is 11.1. The molecule has 1 N–H and O–H groups in total. The molecule has 0 radical (unpaired) electrons. The lowest BCUT2D eigenvalue weighted by atomic mass is 9.81. The van der Waals surface area contributed by atoms with Crippen LogP contribution in [0, 0.1) is 5.92 Å². The zero-order chi connectivity index (χ0) is 18.1. The predicted molar refractivity (Wildman–Crippen MR) is 99.9 cm³/mol. The average molecular weight is 352 g/mol. The molecular formula is C20H24N4O2. The van der Waals surface area contributed by atoms with Crippen LogP contribution in [0.2, 0.25) is 0 Å². The Bertz CT molecular complexity index is 765. The molecule has 1 aromatic heterocycles. The Hall–Kier alpha value is -2.47. The van der Waals surface area contributed by atoms with Crippen LogP contribution in [0.15, 0.2) is 36.7 Å². The lowest BCUT2D eigenvalue weighted by Gasteiger charge is -2.48. The Morgan fingerprint density at radius 1 is 1.12 bits per heavy atom. The summed E-state index contributed by atoms with van der Waals surface area (Å²) < 4.78 is 6.14. The number of amides is 1. The summed E-state index contributed by atoms with van der Waals surface area (Å²) in [5, 5.41) is 2.76. The maximum Gasteiger partial charge on any atom is 0.316 e. The van der Waals surface area contributed by atoms with Crippen molar-refractivity contribution in [1.29, 1.82) is 0 Å². The third kappa shape index (κ3) is 3.42. The molecule has 0 aliphatic carbocycles. The third-order valence-electron chi connectivity index (χ3n) is 5.50.